The van der Waals surface area contributed by atoms with Gasteiger partial charge in [-0.25, -0.2) is 4.39 Å². The second-order valence-corrected chi connectivity index (χ2v) is 10.0. The van der Waals surface area contributed by atoms with Crippen LogP contribution in [0.25, 0.3) is 0 Å². The Balaban J connectivity index is 1.28. The molecule has 1 atom stereocenters. The van der Waals surface area contributed by atoms with Crippen molar-refractivity contribution in [2.45, 2.75) is 37.1 Å². The quantitative estimate of drug-likeness (QED) is 0.682. The number of amidine groups is 1. The van der Waals surface area contributed by atoms with E-state index in [1.807, 2.05) is 22.8 Å². The smallest absolute Gasteiger partial charge is 0.285 e. The summed E-state index contributed by atoms with van der Waals surface area (Å²) in [6.07, 6.45) is 1.96. The normalized spacial score (nSPS) is 22.6. The lowest BCUT2D eigenvalue weighted by atomic mass is 9.89. The fourth-order valence-electron chi connectivity index (χ4n) is 4.99. The van der Waals surface area contributed by atoms with Crippen molar-refractivity contribution in [3.05, 3.63) is 65.0 Å². The average Bonchev–Trinajstić information content (AvgIpc) is 3.05. The molecule has 3 heterocycles. The maximum Gasteiger partial charge on any atom is 0.285 e. The molecule has 0 aromatic heterocycles. The van der Waals surface area contributed by atoms with Gasteiger partial charge in [-0.05, 0) is 61.6 Å². The third-order valence-corrected chi connectivity index (χ3v) is 8.01. The molecule has 0 radical (unpaired) electrons. The van der Waals surface area contributed by atoms with Crippen LogP contribution in [0.2, 0.25) is 0 Å². The summed E-state index contributed by atoms with van der Waals surface area (Å²) in [6.45, 7) is 3.76. The molecule has 0 aliphatic carbocycles. The average molecular weight is 442 g/mol. The molecule has 0 bridgehead atoms. The molecular weight excluding hydrogens is 417 g/mol. The highest BCUT2D eigenvalue weighted by molar-refractivity contribution is 7.90. The molecule has 8 heteroatoms. The molecule has 0 saturated carbocycles. The van der Waals surface area contributed by atoms with E-state index in [1.54, 1.807) is 30.3 Å². The van der Waals surface area contributed by atoms with Crippen molar-refractivity contribution in [1.82, 2.24) is 9.80 Å². The number of hydrogen-bond donors (Lipinski definition) is 0. The number of halogens is 1. The topological polar surface area (TPSA) is 70.1 Å². The van der Waals surface area contributed by atoms with Crippen LogP contribution in [0.3, 0.4) is 0 Å². The number of nitrogens with zero attached hydrogens (tertiary/aromatic N) is 3. The molecule has 6 nitrogen and oxygen atoms in total. The third kappa shape index (κ3) is 3.43. The third-order valence-electron chi connectivity index (χ3n) is 6.68. The van der Waals surface area contributed by atoms with E-state index < -0.39 is 10.0 Å². The van der Waals surface area contributed by atoms with E-state index in [0.29, 0.717) is 50.3 Å². The van der Waals surface area contributed by atoms with E-state index in [-0.39, 0.29) is 28.6 Å². The van der Waals surface area contributed by atoms with Crippen LogP contribution in [-0.2, 0) is 21.2 Å². The van der Waals surface area contributed by atoms with Gasteiger partial charge in [0.05, 0.1) is 6.04 Å². The fourth-order valence-corrected chi connectivity index (χ4v) is 6.22. The summed E-state index contributed by atoms with van der Waals surface area (Å²) >= 11 is 0. The van der Waals surface area contributed by atoms with Crippen LogP contribution in [0.15, 0.2) is 51.8 Å². The Morgan fingerprint density at radius 1 is 1.10 bits per heavy atom. The minimum Gasteiger partial charge on any atom is -0.355 e. The maximum atomic E-state index is 13.5. The van der Waals surface area contributed by atoms with Gasteiger partial charge < -0.3 is 9.80 Å². The van der Waals surface area contributed by atoms with Gasteiger partial charge in [-0.3, -0.25) is 4.79 Å². The van der Waals surface area contributed by atoms with Gasteiger partial charge in [0.2, 0.25) is 5.91 Å². The maximum absolute atomic E-state index is 13.5. The first-order valence-corrected chi connectivity index (χ1v) is 12.1. The molecule has 2 aromatic rings. The largest absolute Gasteiger partial charge is 0.355 e. The number of sulfonamides is 1. The SMILES string of the molecule is CC1c2ccc(F)cc2CCN1C(=O)C1CCN(C2=NS(=O)(=O)c3ccccc32)CC1. The van der Waals surface area contributed by atoms with Crippen molar-refractivity contribution in [2.75, 3.05) is 19.6 Å². The van der Waals surface area contributed by atoms with E-state index in [4.69, 9.17) is 0 Å². The number of benzene rings is 2. The second kappa shape index (κ2) is 7.44. The monoisotopic (exact) mass is 441 g/mol. The Hall–Kier alpha value is -2.74. The van der Waals surface area contributed by atoms with Crippen LogP contribution < -0.4 is 0 Å². The van der Waals surface area contributed by atoms with E-state index in [9.17, 15) is 17.6 Å². The number of rotatable bonds is 1. The summed E-state index contributed by atoms with van der Waals surface area (Å²) in [5.74, 6) is 0.276. The summed E-state index contributed by atoms with van der Waals surface area (Å²) in [4.78, 5) is 17.4. The molecule has 1 amide bonds. The van der Waals surface area contributed by atoms with Crippen LogP contribution in [0.5, 0.6) is 0 Å². The highest BCUT2D eigenvalue weighted by Crippen LogP contribution is 2.34. The zero-order valence-corrected chi connectivity index (χ0v) is 18.1. The molecule has 0 N–H and O–H groups in total. The van der Waals surface area contributed by atoms with E-state index >= 15 is 0 Å². The number of hydrogen-bond acceptors (Lipinski definition) is 4. The van der Waals surface area contributed by atoms with Crippen molar-refractivity contribution >= 4 is 21.8 Å². The highest BCUT2D eigenvalue weighted by atomic mass is 32.2. The lowest BCUT2D eigenvalue weighted by Crippen LogP contribution is -2.46. The molecule has 5 rings (SSSR count). The summed E-state index contributed by atoms with van der Waals surface area (Å²) in [7, 11) is -3.65. The van der Waals surface area contributed by atoms with Gasteiger partial charge in [0.15, 0.2) is 5.84 Å². The first-order valence-electron chi connectivity index (χ1n) is 10.6. The zero-order chi connectivity index (χ0) is 21.8. The molecule has 162 valence electrons. The summed E-state index contributed by atoms with van der Waals surface area (Å²) in [6, 6.07) is 11.6. The van der Waals surface area contributed by atoms with E-state index in [1.165, 1.54) is 6.07 Å². The fraction of sp³-hybridized carbons (Fsp3) is 0.391. The van der Waals surface area contributed by atoms with Crippen molar-refractivity contribution < 1.29 is 17.6 Å². The Morgan fingerprint density at radius 2 is 1.84 bits per heavy atom. The molecular formula is C23H24FN3O3S. The lowest BCUT2D eigenvalue weighted by Gasteiger charge is -2.40. The van der Waals surface area contributed by atoms with Gasteiger partial charge in [-0.2, -0.15) is 8.42 Å². The Morgan fingerprint density at radius 3 is 2.61 bits per heavy atom. The first kappa shape index (κ1) is 20.2. The van der Waals surface area contributed by atoms with Crippen LogP contribution in [0.1, 0.15) is 42.5 Å². The first-order chi connectivity index (χ1) is 14.8. The number of likely N-dealkylation sites (tertiary alicyclic amines) is 1. The molecule has 1 saturated heterocycles. The number of carbonyl (C=O) groups excluding carboxylic acids is 1. The number of carbonyl (C=O) groups is 1. The van der Waals surface area contributed by atoms with Crippen LogP contribution in [-0.4, -0.2) is 49.6 Å². The predicted octanol–water partition coefficient (Wildman–Crippen LogP) is 3.13. The molecule has 31 heavy (non-hydrogen) atoms. The van der Waals surface area contributed by atoms with Crippen LogP contribution in [0.4, 0.5) is 4.39 Å². The summed E-state index contributed by atoms with van der Waals surface area (Å²) in [5.41, 5.74) is 2.63. The van der Waals surface area contributed by atoms with Crippen molar-refractivity contribution in [3.8, 4) is 0 Å². The molecule has 1 fully saturated rings. The van der Waals surface area contributed by atoms with Gasteiger partial charge in [-0.15, -0.1) is 4.40 Å². The Labute approximate surface area is 181 Å². The Kier molecular flexibility index (Phi) is 4.84. The lowest BCUT2D eigenvalue weighted by molar-refractivity contribution is -0.139. The van der Waals surface area contributed by atoms with Gasteiger partial charge in [0.25, 0.3) is 10.0 Å². The Bertz CT molecular complexity index is 1190. The number of piperidine rings is 1. The van der Waals surface area contributed by atoms with Gasteiger partial charge >= 0.3 is 0 Å². The number of amides is 1. The van der Waals surface area contributed by atoms with Crippen molar-refractivity contribution in [1.29, 1.82) is 0 Å². The highest BCUT2D eigenvalue weighted by Gasteiger charge is 2.37. The predicted molar refractivity (Wildman–Crippen MR) is 115 cm³/mol. The molecule has 2 aromatic carbocycles. The van der Waals surface area contributed by atoms with Crippen LogP contribution >= 0.6 is 0 Å². The summed E-state index contributed by atoms with van der Waals surface area (Å²) < 4.78 is 42.2. The number of fused-ring (bicyclic) bond motifs is 2. The van der Waals surface area contributed by atoms with Crippen LogP contribution in [0, 0.1) is 11.7 Å². The summed E-state index contributed by atoms with van der Waals surface area (Å²) in [5, 5.41) is 0. The van der Waals surface area contributed by atoms with Gasteiger partial charge in [0, 0.05) is 31.1 Å². The minimum atomic E-state index is -3.65. The van der Waals surface area contributed by atoms with Crippen molar-refractivity contribution in [2.24, 2.45) is 10.3 Å². The molecule has 3 aliphatic heterocycles. The van der Waals surface area contributed by atoms with Crippen molar-refractivity contribution in [3.63, 3.8) is 0 Å². The second-order valence-electron chi connectivity index (χ2n) is 8.45. The minimum absolute atomic E-state index is 0.0777. The van der Waals surface area contributed by atoms with E-state index in [2.05, 4.69) is 4.40 Å². The molecule has 1 unspecified atom stereocenters. The molecule has 3 aliphatic rings. The zero-order valence-electron chi connectivity index (χ0n) is 17.3. The molecule has 0 spiro atoms. The van der Waals surface area contributed by atoms with Gasteiger partial charge in [0.1, 0.15) is 10.7 Å². The van der Waals surface area contributed by atoms with Gasteiger partial charge in [-0.1, -0.05) is 18.2 Å². The standard InChI is InChI=1S/C23H24FN3O3S/c1-15-19-7-6-18(24)14-17(19)10-13-27(15)23(28)16-8-11-26(12-9-16)22-20-4-2-3-5-21(20)31(29,30)25-22/h2-7,14-16H,8-13H2,1H3. The van der Waals surface area contributed by atoms with E-state index in [0.717, 1.165) is 11.1 Å².